The van der Waals surface area contributed by atoms with E-state index >= 15 is 0 Å². The molecule has 0 aliphatic rings. The van der Waals surface area contributed by atoms with Gasteiger partial charge < -0.3 is 4.98 Å². The molecule has 14 heavy (non-hydrogen) atoms. The summed E-state index contributed by atoms with van der Waals surface area (Å²) in [5.74, 6) is 0. The van der Waals surface area contributed by atoms with Gasteiger partial charge in [0, 0.05) is 10.8 Å². The molecule has 70 valence electrons. The topological polar surface area (TPSA) is 49.9 Å². The number of aromatic nitrogens is 1. The summed E-state index contributed by atoms with van der Waals surface area (Å²) in [7, 11) is 0. The van der Waals surface area contributed by atoms with Gasteiger partial charge in [-0.1, -0.05) is 18.2 Å². The highest BCUT2D eigenvalue weighted by atomic mass is 79.9. The molecule has 4 heteroatoms. The van der Waals surface area contributed by atoms with E-state index in [4.69, 9.17) is 0 Å². The molecule has 0 bridgehead atoms. The van der Waals surface area contributed by atoms with Crippen LogP contribution >= 0.6 is 15.9 Å². The van der Waals surface area contributed by atoms with Crippen molar-refractivity contribution < 1.29 is 4.79 Å². The van der Waals surface area contributed by atoms with Crippen LogP contribution in [0.3, 0.4) is 0 Å². The van der Waals surface area contributed by atoms with Crippen LogP contribution < -0.4 is 5.56 Å². The average Bonchev–Trinajstić information content (AvgIpc) is 2.23. The zero-order valence-corrected chi connectivity index (χ0v) is 8.67. The van der Waals surface area contributed by atoms with E-state index in [2.05, 4.69) is 20.9 Å². The van der Waals surface area contributed by atoms with E-state index in [-0.39, 0.29) is 11.3 Å². The third-order valence-electron chi connectivity index (χ3n) is 2.01. The summed E-state index contributed by atoms with van der Waals surface area (Å²) < 4.78 is 0.628. The molecular weight excluding hydrogens is 246 g/mol. The third-order valence-corrected chi connectivity index (χ3v) is 2.87. The van der Waals surface area contributed by atoms with Crippen LogP contribution in [0.15, 0.2) is 33.5 Å². The second kappa shape index (κ2) is 3.38. The number of halogens is 1. The minimum absolute atomic E-state index is 0.245. The number of benzene rings is 1. The van der Waals surface area contributed by atoms with Gasteiger partial charge in [0.2, 0.25) is 0 Å². The lowest BCUT2D eigenvalue weighted by Crippen LogP contribution is -2.09. The summed E-state index contributed by atoms with van der Waals surface area (Å²) in [4.78, 5) is 24.6. The molecule has 0 aliphatic carbocycles. The second-order valence-corrected chi connectivity index (χ2v) is 3.64. The summed E-state index contributed by atoms with van der Waals surface area (Å²) in [6.07, 6.45) is 0.623. The summed E-state index contributed by atoms with van der Waals surface area (Å²) in [6.45, 7) is 0. The number of pyridine rings is 1. The smallest absolute Gasteiger partial charge is 0.256 e. The fourth-order valence-electron chi connectivity index (χ4n) is 1.34. The molecule has 2 rings (SSSR count). The Morgan fingerprint density at radius 3 is 2.50 bits per heavy atom. The summed E-state index contributed by atoms with van der Waals surface area (Å²) in [5.41, 5.74) is 0.0274. The molecule has 0 fully saturated rings. The standard InChI is InChI=1S/C10H6BrNO2/c11-9-6-3-1-2-4-7(6)10(14)12-8(9)5-13/h1-5H,(H,12,14). The van der Waals surface area contributed by atoms with Crippen molar-refractivity contribution in [2.75, 3.05) is 0 Å². The van der Waals surface area contributed by atoms with E-state index in [1.54, 1.807) is 18.2 Å². The van der Waals surface area contributed by atoms with Gasteiger partial charge in [-0.05, 0) is 22.0 Å². The van der Waals surface area contributed by atoms with Crippen LogP contribution in [0.1, 0.15) is 10.5 Å². The SMILES string of the molecule is O=Cc1[nH]c(=O)c2ccccc2c1Br. The molecule has 0 saturated carbocycles. The molecule has 1 aromatic carbocycles. The monoisotopic (exact) mass is 251 g/mol. The Labute approximate surface area is 87.9 Å². The molecule has 0 radical (unpaired) electrons. The summed E-state index contributed by atoms with van der Waals surface area (Å²) >= 11 is 3.27. The maximum atomic E-state index is 11.5. The molecule has 0 aliphatic heterocycles. The van der Waals surface area contributed by atoms with Gasteiger partial charge in [0.15, 0.2) is 6.29 Å². The van der Waals surface area contributed by atoms with Crippen molar-refractivity contribution in [2.24, 2.45) is 0 Å². The van der Waals surface area contributed by atoms with Gasteiger partial charge in [0.1, 0.15) is 0 Å². The Kier molecular flexibility index (Phi) is 2.21. The van der Waals surface area contributed by atoms with Crippen molar-refractivity contribution in [2.45, 2.75) is 0 Å². The Morgan fingerprint density at radius 2 is 1.86 bits per heavy atom. The van der Waals surface area contributed by atoms with Crippen LogP contribution in [0, 0.1) is 0 Å². The number of hydrogen-bond acceptors (Lipinski definition) is 2. The Bertz CT molecular complexity index is 560. The summed E-state index contributed by atoms with van der Waals surface area (Å²) in [5, 5.41) is 1.32. The highest BCUT2D eigenvalue weighted by Crippen LogP contribution is 2.22. The lowest BCUT2D eigenvalue weighted by atomic mass is 10.1. The quantitative estimate of drug-likeness (QED) is 0.790. The fourth-order valence-corrected chi connectivity index (χ4v) is 1.88. The maximum Gasteiger partial charge on any atom is 0.256 e. The Hall–Kier alpha value is -1.42. The average molecular weight is 252 g/mol. The molecule has 0 spiro atoms. The van der Waals surface area contributed by atoms with Crippen LogP contribution in [0.4, 0.5) is 0 Å². The maximum absolute atomic E-state index is 11.5. The predicted molar refractivity (Wildman–Crippen MR) is 57.7 cm³/mol. The van der Waals surface area contributed by atoms with Crippen molar-refractivity contribution in [3.63, 3.8) is 0 Å². The lowest BCUT2D eigenvalue weighted by Gasteiger charge is -2.01. The largest absolute Gasteiger partial charge is 0.318 e. The first kappa shape index (κ1) is 9.15. The van der Waals surface area contributed by atoms with Crippen LogP contribution in [0.25, 0.3) is 10.8 Å². The zero-order chi connectivity index (χ0) is 10.1. The molecule has 1 heterocycles. The molecule has 2 aromatic rings. The van der Waals surface area contributed by atoms with E-state index in [1.165, 1.54) is 0 Å². The van der Waals surface area contributed by atoms with E-state index in [0.717, 1.165) is 5.39 Å². The van der Waals surface area contributed by atoms with Gasteiger partial charge in [-0.25, -0.2) is 0 Å². The van der Waals surface area contributed by atoms with E-state index in [9.17, 15) is 9.59 Å². The molecule has 1 aromatic heterocycles. The minimum atomic E-state index is -0.245. The van der Waals surface area contributed by atoms with Crippen molar-refractivity contribution in [1.82, 2.24) is 4.98 Å². The number of aromatic amines is 1. The van der Waals surface area contributed by atoms with Gasteiger partial charge in [-0.15, -0.1) is 0 Å². The Morgan fingerprint density at radius 1 is 1.21 bits per heavy atom. The van der Waals surface area contributed by atoms with Crippen LogP contribution in [-0.4, -0.2) is 11.3 Å². The Balaban J connectivity index is 3.02. The van der Waals surface area contributed by atoms with Gasteiger partial charge in [0.05, 0.1) is 10.2 Å². The highest BCUT2D eigenvalue weighted by Gasteiger charge is 2.06. The van der Waals surface area contributed by atoms with Gasteiger partial charge in [-0.2, -0.15) is 0 Å². The lowest BCUT2D eigenvalue weighted by molar-refractivity contribution is 0.111. The molecule has 0 unspecified atom stereocenters. The van der Waals surface area contributed by atoms with Gasteiger partial charge in [-0.3, -0.25) is 9.59 Å². The number of carbonyl (C=O) groups is 1. The van der Waals surface area contributed by atoms with E-state index in [0.29, 0.717) is 16.1 Å². The van der Waals surface area contributed by atoms with E-state index in [1.807, 2.05) is 6.07 Å². The van der Waals surface area contributed by atoms with Crippen LogP contribution in [0.5, 0.6) is 0 Å². The molecule has 0 saturated heterocycles. The number of fused-ring (bicyclic) bond motifs is 1. The molecule has 1 N–H and O–H groups in total. The van der Waals surface area contributed by atoms with Crippen LogP contribution in [-0.2, 0) is 0 Å². The number of rotatable bonds is 1. The highest BCUT2D eigenvalue weighted by molar-refractivity contribution is 9.10. The van der Waals surface area contributed by atoms with E-state index < -0.39 is 0 Å². The first-order valence-corrected chi connectivity index (χ1v) is 4.79. The number of hydrogen-bond donors (Lipinski definition) is 1. The first-order chi connectivity index (χ1) is 6.74. The van der Waals surface area contributed by atoms with Crippen molar-refractivity contribution in [3.8, 4) is 0 Å². The fraction of sp³-hybridized carbons (Fsp3) is 0. The van der Waals surface area contributed by atoms with Gasteiger partial charge >= 0.3 is 0 Å². The molecule has 3 nitrogen and oxygen atoms in total. The van der Waals surface area contributed by atoms with Crippen molar-refractivity contribution >= 4 is 33.0 Å². The van der Waals surface area contributed by atoms with Crippen molar-refractivity contribution in [3.05, 3.63) is 44.8 Å². The van der Waals surface area contributed by atoms with Gasteiger partial charge in [0.25, 0.3) is 5.56 Å². The normalized spacial score (nSPS) is 10.4. The molecular formula is C10H6BrNO2. The minimum Gasteiger partial charge on any atom is -0.318 e. The van der Waals surface area contributed by atoms with Crippen LogP contribution in [0.2, 0.25) is 0 Å². The number of carbonyl (C=O) groups excluding carboxylic acids is 1. The number of nitrogens with one attached hydrogen (secondary N) is 1. The molecule has 0 atom stereocenters. The number of aldehydes is 1. The zero-order valence-electron chi connectivity index (χ0n) is 7.08. The second-order valence-electron chi connectivity index (χ2n) is 2.85. The third kappa shape index (κ3) is 1.28. The summed E-state index contributed by atoms with van der Waals surface area (Å²) in [6, 6.07) is 7.11. The molecule has 0 amide bonds. The van der Waals surface area contributed by atoms with Crippen molar-refractivity contribution in [1.29, 1.82) is 0 Å². The number of H-pyrrole nitrogens is 1. The first-order valence-electron chi connectivity index (χ1n) is 3.99. The predicted octanol–water partition coefficient (Wildman–Crippen LogP) is 2.10.